The van der Waals surface area contributed by atoms with E-state index in [0.29, 0.717) is 23.8 Å². The molecule has 0 aliphatic carbocycles. The Bertz CT molecular complexity index is 584. The van der Waals surface area contributed by atoms with Gasteiger partial charge in [-0.3, -0.25) is 5.41 Å². The Balaban J connectivity index is 2.26. The molecule has 0 spiro atoms. The Kier molecular flexibility index (Phi) is 3.97. The van der Waals surface area contributed by atoms with Crippen molar-refractivity contribution in [3.05, 3.63) is 48.2 Å². The fraction of sp³-hybridized carbons (Fsp3) is 0.143. The van der Waals surface area contributed by atoms with Crippen LogP contribution in [0.15, 0.2) is 42.6 Å². The van der Waals surface area contributed by atoms with Gasteiger partial charge in [0.15, 0.2) is 0 Å². The van der Waals surface area contributed by atoms with Crippen LogP contribution in [-0.4, -0.2) is 17.4 Å². The van der Waals surface area contributed by atoms with Crippen molar-refractivity contribution in [1.29, 1.82) is 5.41 Å². The zero-order valence-corrected chi connectivity index (χ0v) is 10.6. The molecule has 0 saturated heterocycles. The molecule has 0 atom stereocenters. The van der Waals surface area contributed by atoms with E-state index in [4.69, 9.17) is 20.6 Å². The predicted octanol–water partition coefficient (Wildman–Crippen LogP) is 2.56. The molecule has 1 heterocycles. The van der Waals surface area contributed by atoms with Crippen molar-refractivity contribution in [2.24, 2.45) is 5.73 Å². The highest BCUT2D eigenvalue weighted by molar-refractivity contribution is 5.97. The summed E-state index contributed by atoms with van der Waals surface area (Å²) in [6.07, 6.45) is 1.59. The third-order valence-electron chi connectivity index (χ3n) is 2.39. The van der Waals surface area contributed by atoms with Gasteiger partial charge in [-0.25, -0.2) is 4.98 Å². The maximum Gasteiger partial charge on any atom is 0.230 e. The summed E-state index contributed by atoms with van der Waals surface area (Å²) >= 11 is 0. The van der Waals surface area contributed by atoms with Crippen molar-refractivity contribution in [3.63, 3.8) is 0 Å². The minimum atomic E-state index is -0.0796. The summed E-state index contributed by atoms with van der Waals surface area (Å²) in [5.74, 6) is 1.54. The third kappa shape index (κ3) is 3.22. The van der Waals surface area contributed by atoms with Crippen LogP contribution in [0.25, 0.3) is 0 Å². The summed E-state index contributed by atoms with van der Waals surface area (Å²) in [6, 6.07) is 10.6. The third-order valence-corrected chi connectivity index (χ3v) is 2.39. The van der Waals surface area contributed by atoms with Gasteiger partial charge in [0, 0.05) is 12.3 Å². The number of nitrogens with one attached hydrogen (secondary N) is 1. The van der Waals surface area contributed by atoms with E-state index in [1.807, 2.05) is 19.1 Å². The van der Waals surface area contributed by atoms with Crippen LogP contribution in [-0.2, 0) is 0 Å². The first-order valence-electron chi connectivity index (χ1n) is 5.91. The highest BCUT2D eigenvalue weighted by Gasteiger charge is 2.08. The largest absolute Gasteiger partial charge is 0.494 e. The lowest BCUT2D eigenvalue weighted by atomic mass is 10.2. The van der Waals surface area contributed by atoms with Gasteiger partial charge >= 0.3 is 0 Å². The Hall–Kier alpha value is -2.56. The molecule has 0 unspecified atom stereocenters. The van der Waals surface area contributed by atoms with Gasteiger partial charge in [-0.05, 0) is 31.2 Å². The number of hydrogen-bond acceptors (Lipinski definition) is 4. The number of amidine groups is 1. The van der Waals surface area contributed by atoms with Gasteiger partial charge in [-0.2, -0.15) is 0 Å². The average Bonchev–Trinajstić information content (AvgIpc) is 2.40. The molecule has 3 N–H and O–H groups in total. The molecule has 1 aromatic heterocycles. The van der Waals surface area contributed by atoms with Gasteiger partial charge in [0.05, 0.1) is 12.2 Å². The molecule has 5 nitrogen and oxygen atoms in total. The van der Waals surface area contributed by atoms with Crippen molar-refractivity contribution < 1.29 is 9.47 Å². The molecule has 2 rings (SSSR count). The molecule has 0 radical (unpaired) electrons. The Morgan fingerprint density at radius 1 is 1.26 bits per heavy atom. The molecule has 2 aromatic rings. The van der Waals surface area contributed by atoms with E-state index in [-0.39, 0.29) is 5.84 Å². The first-order valence-corrected chi connectivity index (χ1v) is 5.91. The lowest BCUT2D eigenvalue weighted by molar-refractivity contribution is 0.338. The van der Waals surface area contributed by atoms with Crippen molar-refractivity contribution in [3.8, 4) is 17.4 Å². The molecule has 0 amide bonds. The lowest BCUT2D eigenvalue weighted by Gasteiger charge is -2.10. The van der Waals surface area contributed by atoms with Crippen LogP contribution in [0.3, 0.4) is 0 Å². The molecule has 5 heteroatoms. The molecule has 98 valence electrons. The minimum absolute atomic E-state index is 0.0796. The summed E-state index contributed by atoms with van der Waals surface area (Å²) < 4.78 is 11.0. The van der Waals surface area contributed by atoms with Gasteiger partial charge in [0.25, 0.3) is 0 Å². The maximum absolute atomic E-state index is 7.48. The van der Waals surface area contributed by atoms with Crippen molar-refractivity contribution in [2.75, 3.05) is 6.61 Å². The highest BCUT2D eigenvalue weighted by Crippen LogP contribution is 2.25. The van der Waals surface area contributed by atoms with E-state index < -0.39 is 0 Å². The molecule has 0 bridgehead atoms. The number of nitrogen functional groups attached to an aromatic ring is 1. The molecular formula is C14H15N3O2. The summed E-state index contributed by atoms with van der Waals surface area (Å²) in [4.78, 5) is 4.09. The lowest BCUT2D eigenvalue weighted by Crippen LogP contribution is -2.12. The highest BCUT2D eigenvalue weighted by atomic mass is 16.5. The number of nitrogens with two attached hydrogens (primary N) is 1. The van der Waals surface area contributed by atoms with Crippen LogP contribution < -0.4 is 15.2 Å². The SMILES string of the molecule is CCOc1cccc(Oc2ncccc2C(=N)N)c1. The number of aromatic nitrogens is 1. The summed E-state index contributed by atoms with van der Waals surface area (Å²) in [5, 5.41) is 7.48. The van der Waals surface area contributed by atoms with E-state index >= 15 is 0 Å². The van der Waals surface area contributed by atoms with Gasteiger partial charge in [0.1, 0.15) is 17.3 Å². The normalized spacial score (nSPS) is 9.95. The smallest absolute Gasteiger partial charge is 0.230 e. The Labute approximate surface area is 111 Å². The molecular weight excluding hydrogens is 242 g/mol. The van der Waals surface area contributed by atoms with Crippen LogP contribution in [0.5, 0.6) is 17.4 Å². The van der Waals surface area contributed by atoms with Gasteiger partial charge in [0.2, 0.25) is 5.88 Å². The maximum atomic E-state index is 7.48. The van der Waals surface area contributed by atoms with Crippen LogP contribution in [0.1, 0.15) is 12.5 Å². The number of ether oxygens (including phenoxy) is 2. The van der Waals surface area contributed by atoms with E-state index in [1.165, 1.54) is 0 Å². The molecule has 0 saturated carbocycles. The van der Waals surface area contributed by atoms with Gasteiger partial charge in [-0.15, -0.1) is 0 Å². The van der Waals surface area contributed by atoms with E-state index in [2.05, 4.69) is 4.98 Å². The van der Waals surface area contributed by atoms with Crippen LogP contribution in [0.2, 0.25) is 0 Å². The minimum Gasteiger partial charge on any atom is -0.494 e. The van der Waals surface area contributed by atoms with Gasteiger partial charge < -0.3 is 15.2 Å². The van der Waals surface area contributed by atoms with Crippen molar-refractivity contribution in [1.82, 2.24) is 4.98 Å². The van der Waals surface area contributed by atoms with E-state index in [1.54, 1.807) is 30.5 Å². The van der Waals surface area contributed by atoms with E-state index in [0.717, 1.165) is 5.75 Å². The molecule has 0 aliphatic heterocycles. The molecule has 0 aliphatic rings. The fourth-order valence-electron chi connectivity index (χ4n) is 1.58. The number of benzene rings is 1. The first kappa shape index (κ1) is 12.9. The number of hydrogen-bond donors (Lipinski definition) is 2. The molecule has 0 fully saturated rings. The van der Waals surface area contributed by atoms with Crippen LogP contribution in [0, 0.1) is 5.41 Å². The Morgan fingerprint density at radius 3 is 2.79 bits per heavy atom. The quantitative estimate of drug-likeness (QED) is 0.637. The Morgan fingerprint density at radius 2 is 2.05 bits per heavy atom. The van der Waals surface area contributed by atoms with Crippen molar-refractivity contribution >= 4 is 5.84 Å². The second-order valence-electron chi connectivity index (χ2n) is 3.78. The van der Waals surface area contributed by atoms with Crippen LogP contribution >= 0.6 is 0 Å². The second-order valence-corrected chi connectivity index (χ2v) is 3.78. The fourth-order valence-corrected chi connectivity index (χ4v) is 1.58. The monoisotopic (exact) mass is 257 g/mol. The first-order chi connectivity index (χ1) is 9.20. The van der Waals surface area contributed by atoms with Crippen LogP contribution in [0.4, 0.5) is 0 Å². The number of rotatable bonds is 5. The zero-order valence-electron chi connectivity index (χ0n) is 10.6. The number of pyridine rings is 1. The summed E-state index contributed by atoms with van der Waals surface area (Å²) in [7, 11) is 0. The van der Waals surface area contributed by atoms with E-state index in [9.17, 15) is 0 Å². The summed E-state index contributed by atoms with van der Waals surface area (Å²) in [5.41, 5.74) is 5.95. The van der Waals surface area contributed by atoms with Gasteiger partial charge in [-0.1, -0.05) is 6.07 Å². The standard InChI is InChI=1S/C14H15N3O2/c1-2-18-10-5-3-6-11(9-10)19-14-12(13(15)16)7-4-8-17-14/h3-9H,2H2,1H3,(H3,15,16). The molecule has 19 heavy (non-hydrogen) atoms. The zero-order chi connectivity index (χ0) is 13.7. The molecule has 1 aromatic carbocycles. The number of nitrogens with zero attached hydrogens (tertiary/aromatic N) is 1. The topological polar surface area (TPSA) is 81.2 Å². The average molecular weight is 257 g/mol. The second kappa shape index (κ2) is 5.86. The predicted molar refractivity (Wildman–Crippen MR) is 72.9 cm³/mol. The van der Waals surface area contributed by atoms with Crippen molar-refractivity contribution in [2.45, 2.75) is 6.92 Å². The summed E-state index contributed by atoms with van der Waals surface area (Å²) in [6.45, 7) is 2.51.